The molecular formula is C5H4Br2O3. The molecule has 1 aliphatic heterocycles. The average molecular weight is 272 g/mol. The van der Waals surface area contributed by atoms with Crippen LogP contribution >= 0.6 is 31.9 Å². The fourth-order valence-electron chi connectivity index (χ4n) is 0.601. The number of carbonyl (C=O) groups excluding carboxylic acids is 2. The smallest absolute Gasteiger partial charge is 0.327 e. The lowest BCUT2D eigenvalue weighted by Crippen LogP contribution is -2.35. The zero-order chi connectivity index (χ0) is 7.72. The summed E-state index contributed by atoms with van der Waals surface area (Å²) in [5.74, 6) is -0.999. The summed E-state index contributed by atoms with van der Waals surface area (Å²) in [6.45, 7) is 0. The van der Waals surface area contributed by atoms with E-state index in [1.807, 2.05) is 0 Å². The van der Waals surface area contributed by atoms with Crippen molar-refractivity contribution in [2.24, 2.45) is 0 Å². The number of cyclic esters (lactones) is 2. The molecule has 2 atom stereocenters. The Morgan fingerprint density at radius 3 is 1.90 bits per heavy atom. The maximum absolute atomic E-state index is 10.6. The maximum atomic E-state index is 10.6. The van der Waals surface area contributed by atoms with Gasteiger partial charge in [0.15, 0.2) is 0 Å². The molecule has 1 fully saturated rings. The standard InChI is InChI=1S/C5H4Br2O3/c6-2-1-3(7)5(9)10-4(2)8/h2-3H,1H2/t2-,3-/m0/s1. The van der Waals surface area contributed by atoms with Crippen molar-refractivity contribution in [3.05, 3.63) is 0 Å². The van der Waals surface area contributed by atoms with Gasteiger partial charge in [0.1, 0.15) is 9.65 Å². The molecule has 1 saturated heterocycles. The third-order valence-electron chi connectivity index (χ3n) is 1.13. The van der Waals surface area contributed by atoms with Gasteiger partial charge in [-0.3, -0.25) is 9.59 Å². The Labute approximate surface area is 74.4 Å². The average Bonchev–Trinajstić information content (AvgIpc) is 1.84. The predicted molar refractivity (Wildman–Crippen MR) is 41.1 cm³/mol. The number of esters is 2. The second kappa shape index (κ2) is 3.00. The Morgan fingerprint density at radius 1 is 1.20 bits per heavy atom. The van der Waals surface area contributed by atoms with Crippen LogP contribution in [0.4, 0.5) is 0 Å². The van der Waals surface area contributed by atoms with Crippen LogP contribution in [0.5, 0.6) is 0 Å². The van der Waals surface area contributed by atoms with E-state index in [0.717, 1.165) is 0 Å². The highest BCUT2D eigenvalue weighted by atomic mass is 79.9. The first-order valence-electron chi connectivity index (χ1n) is 2.65. The highest BCUT2D eigenvalue weighted by Gasteiger charge is 2.33. The van der Waals surface area contributed by atoms with Crippen molar-refractivity contribution in [1.29, 1.82) is 0 Å². The van der Waals surface area contributed by atoms with Gasteiger partial charge in [0.2, 0.25) is 0 Å². The zero-order valence-electron chi connectivity index (χ0n) is 4.84. The Kier molecular flexibility index (Phi) is 2.46. The lowest BCUT2D eigenvalue weighted by Gasteiger charge is -2.17. The molecule has 0 N–H and O–H groups in total. The third kappa shape index (κ3) is 1.58. The van der Waals surface area contributed by atoms with E-state index in [1.165, 1.54) is 0 Å². The van der Waals surface area contributed by atoms with E-state index in [0.29, 0.717) is 6.42 Å². The SMILES string of the molecule is O=C1OC(=O)[C@@H](Br)C[C@@H]1Br. The van der Waals surface area contributed by atoms with Gasteiger partial charge in [-0.2, -0.15) is 0 Å². The van der Waals surface area contributed by atoms with Gasteiger partial charge < -0.3 is 4.74 Å². The highest BCUT2D eigenvalue weighted by Crippen LogP contribution is 2.22. The molecule has 0 bridgehead atoms. The molecule has 0 aromatic rings. The predicted octanol–water partition coefficient (Wildman–Crippen LogP) is 0.987. The molecule has 1 heterocycles. The van der Waals surface area contributed by atoms with Crippen molar-refractivity contribution in [2.45, 2.75) is 16.1 Å². The van der Waals surface area contributed by atoms with E-state index in [4.69, 9.17) is 0 Å². The van der Waals surface area contributed by atoms with Crippen LogP contribution in [-0.2, 0) is 14.3 Å². The molecule has 1 aliphatic rings. The van der Waals surface area contributed by atoms with Crippen molar-refractivity contribution in [1.82, 2.24) is 0 Å². The first-order valence-corrected chi connectivity index (χ1v) is 4.48. The second-order valence-electron chi connectivity index (χ2n) is 1.91. The first-order chi connectivity index (χ1) is 4.61. The summed E-state index contributed by atoms with van der Waals surface area (Å²) in [5.41, 5.74) is 0. The number of carbonyl (C=O) groups is 2. The number of halogens is 2. The van der Waals surface area contributed by atoms with E-state index in [2.05, 4.69) is 36.6 Å². The molecular weight excluding hydrogens is 268 g/mol. The van der Waals surface area contributed by atoms with E-state index < -0.39 is 11.9 Å². The van der Waals surface area contributed by atoms with Crippen molar-refractivity contribution < 1.29 is 14.3 Å². The van der Waals surface area contributed by atoms with Crippen molar-refractivity contribution >= 4 is 43.8 Å². The number of rotatable bonds is 0. The molecule has 0 spiro atoms. The molecule has 1 rings (SSSR count). The number of ether oxygens (including phenoxy) is 1. The van der Waals surface area contributed by atoms with Crippen LogP contribution in [-0.4, -0.2) is 21.6 Å². The minimum atomic E-state index is -0.499. The van der Waals surface area contributed by atoms with E-state index in [9.17, 15) is 9.59 Å². The van der Waals surface area contributed by atoms with Gasteiger partial charge in [0.05, 0.1) is 0 Å². The van der Waals surface area contributed by atoms with Crippen LogP contribution in [0.2, 0.25) is 0 Å². The van der Waals surface area contributed by atoms with Crippen LogP contribution in [0.15, 0.2) is 0 Å². The quantitative estimate of drug-likeness (QED) is 0.375. The zero-order valence-corrected chi connectivity index (χ0v) is 8.01. The Bertz CT molecular complexity index is 162. The van der Waals surface area contributed by atoms with Gasteiger partial charge >= 0.3 is 11.9 Å². The molecule has 5 heteroatoms. The van der Waals surface area contributed by atoms with Gasteiger partial charge in [-0.25, -0.2) is 0 Å². The minimum Gasteiger partial charge on any atom is -0.391 e. The van der Waals surface area contributed by atoms with Crippen molar-refractivity contribution in [2.75, 3.05) is 0 Å². The molecule has 0 aliphatic carbocycles. The molecule has 0 radical (unpaired) electrons. The van der Waals surface area contributed by atoms with Crippen LogP contribution in [0.3, 0.4) is 0 Å². The molecule has 0 amide bonds. The van der Waals surface area contributed by atoms with E-state index in [-0.39, 0.29) is 9.65 Å². The third-order valence-corrected chi connectivity index (χ3v) is 2.62. The topological polar surface area (TPSA) is 43.4 Å². The summed E-state index contributed by atoms with van der Waals surface area (Å²) in [5, 5.41) is 0. The minimum absolute atomic E-state index is 0.352. The normalized spacial score (nSPS) is 33.8. The largest absolute Gasteiger partial charge is 0.391 e. The number of hydrogen-bond acceptors (Lipinski definition) is 3. The molecule has 0 aromatic carbocycles. The lowest BCUT2D eigenvalue weighted by molar-refractivity contribution is -0.161. The van der Waals surface area contributed by atoms with Crippen LogP contribution in [0, 0.1) is 0 Å². The summed E-state index contributed by atoms with van der Waals surface area (Å²) < 4.78 is 4.34. The number of alkyl halides is 2. The summed E-state index contributed by atoms with van der Waals surface area (Å²) in [7, 11) is 0. The fourth-order valence-corrected chi connectivity index (χ4v) is 2.04. The van der Waals surface area contributed by atoms with Gasteiger partial charge in [0.25, 0.3) is 0 Å². The summed E-state index contributed by atoms with van der Waals surface area (Å²) in [6.07, 6.45) is 0.456. The van der Waals surface area contributed by atoms with Crippen LogP contribution in [0.1, 0.15) is 6.42 Å². The van der Waals surface area contributed by atoms with Crippen LogP contribution in [0.25, 0.3) is 0 Å². The summed E-state index contributed by atoms with van der Waals surface area (Å²) in [4.78, 5) is 20.6. The molecule has 56 valence electrons. The Morgan fingerprint density at radius 2 is 1.60 bits per heavy atom. The Balaban J connectivity index is 2.63. The highest BCUT2D eigenvalue weighted by molar-refractivity contribution is 9.10. The van der Waals surface area contributed by atoms with Gasteiger partial charge in [-0.1, -0.05) is 31.9 Å². The van der Waals surface area contributed by atoms with Crippen molar-refractivity contribution in [3.8, 4) is 0 Å². The summed E-state index contributed by atoms with van der Waals surface area (Å²) >= 11 is 6.13. The van der Waals surface area contributed by atoms with E-state index in [1.54, 1.807) is 0 Å². The molecule has 0 saturated carbocycles. The fraction of sp³-hybridized carbons (Fsp3) is 0.600. The molecule has 0 aromatic heterocycles. The van der Waals surface area contributed by atoms with Crippen LogP contribution < -0.4 is 0 Å². The molecule has 0 unspecified atom stereocenters. The van der Waals surface area contributed by atoms with E-state index >= 15 is 0 Å². The van der Waals surface area contributed by atoms with Crippen molar-refractivity contribution in [3.63, 3.8) is 0 Å². The first kappa shape index (κ1) is 8.20. The van der Waals surface area contributed by atoms with Gasteiger partial charge in [-0.15, -0.1) is 0 Å². The monoisotopic (exact) mass is 270 g/mol. The molecule has 10 heavy (non-hydrogen) atoms. The molecule has 3 nitrogen and oxygen atoms in total. The Hall–Kier alpha value is 0.1000. The second-order valence-corrected chi connectivity index (χ2v) is 4.12. The lowest BCUT2D eigenvalue weighted by atomic mass is 10.2. The maximum Gasteiger partial charge on any atom is 0.327 e. The number of hydrogen-bond donors (Lipinski definition) is 0. The summed E-state index contributed by atoms with van der Waals surface area (Å²) in [6, 6.07) is 0. The van der Waals surface area contributed by atoms with Gasteiger partial charge in [0, 0.05) is 0 Å². The van der Waals surface area contributed by atoms with Gasteiger partial charge in [-0.05, 0) is 6.42 Å².